The van der Waals surface area contributed by atoms with Gasteiger partial charge >= 0.3 is 0 Å². The highest BCUT2D eigenvalue weighted by molar-refractivity contribution is 5.40. The molecule has 0 radical (unpaired) electrons. The lowest BCUT2D eigenvalue weighted by Crippen LogP contribution is -2.15. The van der Waals surface area contributed by atoms with Gasteiger partial charge in [0.2, 0.25) is 0 Å². The van der Waals surface area contributed by atoms with Crippen LogP contribution in [0.1, 0.15) is 31.4 Å². The van der Waals surface area contributed by atoms with Crippen molar-refractivity contribution in [3.8, 4) is 11.8 Å². The summed E-state index contributed by atoms with van der Waals surface area (Å²) in [6.45, 7) is 7.27. The predicted molar refractivity (Wildman–Crippen MR) is 73.4 cm³/mol. The van der Waals surface area contributed by atoms with Gasteiger partial charge in [0.1, 0.15) is 5.75 Å². The van der Waals surface area contributed by atoms with Crippen LogP contribution < -0.4 is 10.1 Å². The first kappa shape index (κ1) is 14.5. The summed E-state index contributed by atoms with van der Waals surface area (Å²) in [4.78, 5) is 0. The van der Waals surface area contributed by atoms with E-state index in [9.17, 15) is 0 Å². The van der Waals surface area contributed by atoms with Crippen molar-refractivity contribution in [2.24, 2.45) is 5.41 Å². The number of nitrogens with zero attached hydrogens (tertiary/aromatic N) is 1. The van der Waals surface area contributed by atoms with Crippen LogP contribution in [-0.4, -0.2) is 13.7 Å². The van der Waals surface area contributed by atoms with Gasteiger partial charge in [-0.15, -0.1) is 0 Å². The van der Waals surface area contributed by atoms with E-state index < -0.39 is 0 Å². The third-order valence-corrected chi connectivity index (χ3v) is 2.94. The fraction of sp³-hybridized carbons (Fsp3) is 0.533. The molecule has 0 unspecified atom stereocenters. The Bertz CT molecular complexity index is 433. The van der Waals surface area contributed by atoms with E-state index >= 15 is 0 Å². The third kappa shape index (κ3) is 4.05. The van der Waals surface area contributed by atoms with Crippen molar-refractivity contribution in [2.75, 3.05) is 13.7 Å². The summed E-state index contributed by atoms with van der Waals surface area (Å²) in [6, 6.07) is 8.43. The molecule has 1 aromatic carbocycles. The van der Waals surface area contributed by atoms with E-state index in [1.54, 1.807) is 0 Å². The Morgan fingerprint density at radius 2 is 2.11 bits per heavy atom. The highest BCUT2D eigenvalue weighted by atomic mass is 16.5. The quantitative estimate of drug-likeness (QED) is 0.839. The van der Waals surface area contributed by atoms with E-state index in [-0.39, 0.29) is 5.41 Å². The van der Waals surface area contributed by atoms with Crippen molar-refractivity contribution in [2.45, 2.75) is 33.7 Å². The van der Waals surface area contributed by atoms with Crippen molar-refractivity contribution in [3.63, 3.8) is 0 Å². The van der Waals surface area contributed by atoms with Crippen LogP contribution >= 0.6 is 0 Å². The molecule has 1 N–H and O–H groups in total. The van der Waals surface area contributed by atoms with Crippen LogP contribution in [0.15, 0.2) is 18.2 Å². The zero-order chi connectivity index (χ0) is 13.6. The summed E-state index contributed by atoms with van der Waals surface area (Å²) in [5, 5.41) is 12.1. The topological polar surface area (TPSA) is 45.0 Å². The summed E-state index contributed by atoms with van der Waals surface area (Å²) < 4.78 is 5.87. The van der Waals surface area contributed by atoms with Gasteiger partial charge < -0.3 is 10.1 Å². The Hall–Kier alpha value is -1.53. The first-order valence-corrected chi connectivity index (χ1v) is 6.27. The lowest BCUT2D eigenvalue weighted by atomic mass is 9.92. The molecule has 1 rings (SSSR count). The minimum absolute atomic E-state index is 0.328. The maximum atomic E-state index is 8.97. The van der Waals surface area contributed by atoms with Crippen LogP contribution in [0.5, 0.6) is 5.75 Å². The van der Waals surface area contributed by atoms with Crippen LogP contribution in [-0.2, 0) is 6.54 Å². The number of para-hydroxylation sites is 1. The lowest BCUT2D eigenvalue weighted by Gasteiger charge is -2.18. The fourth-order valence-corrected chi connectivity index (χ4v) is 1.71. The second-order valence-electron chi connectivity index (χ2n) is 5.19. The van der Waals surface area contributed by atoms with Gasteiger partial charge in [-0.3, -0.25) is 0 Å². The van der Waals surface area contributed by atoms with Crippen LogP contribution in [0.2, 0.25) is 0 Å². The monoisotopic (exact) mass is 246 g/mol. The Labute approximate surface area is 110 Å². The van der Waals surface area contributed by atoms with Crippen molar-refractivity contribution < 1.29 is 4.74 Å². The zero-order valence-corrected chi connectivity index (χ0v) is 11.7. The third-order valence-electron chi connectivity index (χ3n) is 2.94. The van der Waals surface area contributed by atoms with Gasteiger partial charge in [-0.05, 0) is 39.8 Å². The van der Waals surface area contributed by atoms with Gasteiger partial charge in [0.25, 0.3) is 0 Å². The van der Waals surface area contributed by atoms with Gasteiger partial charge in [0.15, 0.2) is 0 Å². The number of benzene rings is 1. The molecule has 98 valence electrons. The Morgan fingerprint density at radius 3 is 2.72 bits per heavy atom. The summed E-state index contributed by atoms with van der Waals surface area (Å²) >= 11 is 0. The summed E-state index contributed by atoms with van der Waals surface area (Å²) in [6.07, 6.45) is 0.733. The Balaban J connectivity index is 2.70. The number of nitrogens with one attached hydrogen (secondary N) is 1. The van der Waals surface area contributed by atoms with E-state index in [1.165, 1.54) is 0 Å². The van der Waals surface area contributed by atoms with Gasteiger partial charge in [-0.1, -0.05) is 18.2 Å². The van der Waals surface area contributed by atoms with Crippen molar-refractivity contribution in [1.29, 1.82) is 5.26 Å². The maximum Gasteiger partial charge on any atom is 0.126 e. The fourth-order valence-electron chi connectivity index (χ4n) is 1.71. The van der Waals surface area contributed by atoms with Crippen LogP contribution in [0.3, 0.4) is 0 Å². The molecule has 18 heavy (non-hydrogen) atoms. The van der Waals surface area contributed by atoms with E-state index in [0.717, 1.165) is 29.8 Å². The average Bonchev–Trinajstić information content (AvgIpc) is 2.33. The average molecular weight is 246 g/mol. The first-order chi connectivity index (χ1) is 8.50. The van der Waals surface area contributed by atoms with Crippen LogP contribution in [0.25, 0.3) is 0 Å². The molecule has 0 aliphatic rings. The largest absolute Gasteiger partial charge is 0.493 e. The van der Waals surface area contributed by atoms with Gasteiger partial charge in [-0.25, -0.2) is 0 Å². The molecule has 0 aliphatic heterocycles. The van der Waals surface area contributed by atoms with Crippen molar-refractivity contribution >= 4 is 0 Å². The van der Waals surface area contributed by atoms with E-state index in [1.807, 2.05) is 40.0 Å². The number of rotatable bonds is 6. The molecule has 0 spiro atoms. The molecule has 0 fully saturated rings. The summed E-state index contributed by atoms with van der Waals surface area (Å²) in [7, 11) is 1.92. The minimum Gasteiger partial charge on any atom is -0.493 e. The van der Waals surface area contributed by atoms with Gasteiger partial charge in [-0.2, -0.15) is 5.26 Å². The smallest absolute Gasteiger partial charge is 0.126 e. The number of nitriles is 1. The van der Waals surface area contributed by atoms with E-state index in [4.69, 9.17) is 10.00 Å². The summed E-state index contributed by atoms with van der Waals surface area (Å²) in [5.41, 5.74) is 1.97. The molecule has 0 aromatic heterocycles. The number of aryl methyl sites for hydroxylation is 1. The Morgan fingerprint density at radius 1 is 1.39 bits per heavy atom. The van der Waals surface area contributed by atoms with E-state index in [2.05, 4.69) is 17.5 Å². The van der Waals surface area contributed by atoms with E-state index in [0.29, 0.717) is 6.61 Å². The van der Waals surface area contributed by atoms with Crippen molar-refractivity contribution in [1.82, 2.24) is 5.32 Å². The first-order valence-electron chi connectivity index (χ1n) is 6.27. The predicted octanol–water partition coefficient (Wildman–Crippen LogP) is 3.03. The molecule has 3 heteroatoms. The summed E-state index contributed by atoms with van der Waals surface area (Å²) in [5.74, 6) is 0.945. The molecule has 0 heterocycles. The van der Waals surface area contributed by atoms with Crippen molar-refractivity contribution in [3.05, 3.63) is 29.3 Å². The van der Waals surface area contributed by atoms with Gasteiger partial charge in [0, 0.05) is 12.1 Å². The Kier molecular flexibility index (Phi) is 5.18. The standard InChI is InChI=1S/C15H22N2O/c1-12-6-5-7-13(10-17-4)14(12)18-9-8-15(2,3)11-16/h5-7,17H,8-10H2,1-4H3. The lowest BCUT2D eigenvalue weighted by molar-refractivity contribution is 0.260. The molecule has 0 bridgehead atoms. The van der Waals surface area contributed by atoms with Gasteiger partial charge in [0.05, 0.1) is 18.1 Å². The molecular formula is C15H22N2O. The molecule has 3 nitrogen and oxygen atoms in total. The maximum absolute atomic E-state index is 8.97. The highest BCUT2D eigenvalue weighted by Crippen LogP contribution is 2.25. The second-order valence-corrected chi connectivity index (χ2v) is 5.19. The highest BCUT2D eigenvalue weighted by Gasteiger charge is 2.17. The molecule has 0 amide bonds. The zero-order valence-electron chi connectivity index (χ0n) is 11.7. The molecule has 0 saturated carbocycles. The van der Waals surface area contributed by atoms with Crippen LogP contribution in [0, 0.1) is 23.7 Å². The molecule has 0 aliphatic carbocycles. The number of ether oxygens (including phenoxy) is 1. The molecular weight excluding hydrogens is 224 g/mol. The SMILES string of the molecule is CNCc1cccc(C)c1OCCC(C)(C)C#N. The number of hydrogen-bond donors (Lipinski definition) is 1. The molecule has 0 atom stereocenters. The minimum atomic E-state index is -0.328. The molecule has 1 aromatic rings. The number of hydrogen-bond acceptors (Lipinski definition) is 3. The second kappa shape index (κ2) is 6.42. The van der Waals surface area contributed by atoms with Crippen LogP contribution in [0.4, 0.5) is 0 Å². The normalized spacial score (nSPS) is 11.1. The molecule has 0 saturated heterocycles.